The van der Waals surface area contributed by atoms with Gasteiger partial charge in [0.15, 0.2) is 0 Å². The highest BCUT2D eigenvalue weighted by Gasteiger charge is 2.54. The van der Waals surface area contributed by atoms with Gasteiger partial charge < -0.3 is 5.21 Å². The third kappa shape index (κ3) is 0.652. The Hall–Kier alpha value is -0.530. The zero-order valence-electron chi connectivity index (χ0n) is 6.53. The van der Waals surface area contributed by atoms with E-state index < -0.39 is 0 Å². The first-order valence-electron chi connectivity index (χ1n) is 4.62. The Labute approximate surface area is 66.3 Å². The Morgan fingerprint density at radius 3 is 2.64 bits per heavy atom. The molecule has 3 fully saturated rings. The van der Waals surface area contributed by atoms with Crippen LogP contribution in [0.4, 0.5) is 0 Å². The van der Waals surface area contributed by atoms with Crippen LogP contribution in [0.3, 0.4) is 0 Å². The van der Waals surface area contributed by atoms with Crippen molar-refractivity contribution in [2.24, 2.45) is 28.8 Å². The van der Waals surface area contributed by atoms with Crippen molar-refractivity contribution in [2.75, 3.05) is 0 Å². The van der Waals surface area contributed by atoms with E-state index in [-0.39, 0.29) is 0 Å². The topological polar surface area (TPSA) is 32.6 Å². The molecule has 0 radical (unpaired) electrons. The minimum Gasteiger partial charge on any atom is -0.411 e. The molecule has 0 spiro atoms. The standard InChI is InChI=1S/C9H13NO/c11-10-9-7-2-1-5(7)3-6-4-8(6)9/h5-8,11H,1-4H2/t5-,6-,7-,8+/m1/s1. The summed E-state index contributed by atoms with van der Waals surface area (Å²) in [6.45, 7) is 0. The van der Waals surface area contributed by atoms with Crippen LogP contribution in [0.1, 0.15) is 25.7 Å². The fraction of sp³-hybridized carbons (Fsp3) is 0.889. The van der Waals surface area contributed by atoms with Gasteiger partial charge in [0.2, 0.25) is 0 Å². The summed E-state index contributed by atoms with van der Waals surface area (Å²) in [5.74, 6) is 3.18. The summed E-state index contributed by atoms with van der Waals surface area (Å²) in [6, 6.07) is 0. The third-order valence-corrected chi connectivity index (χ3v) is 3.82. The Morgan fingerprint density at radius 2 is 2.00 bits per heavy atom. The summed E-state index contributed by atoms with van der Waals surface area (Å²) in [6.07, 6.45) is 5.40. The monoisotopic (exact) mass is 151 g/mol. The van der Waals surface area contributed by atoms with Gasteiger partial charge in [-0.25, -0.2) is 0 Å². The van der Waals surface area contributed by atoms with Crippen molar-refractivity contribution in [1.82, 2.24) is 0 Å². The molecule has 1 N–H and O–H groups in total. The predicted octanol–water partition coefficient (Wildman–Crippen LogP) is 1.88. The predicted molar refractivity (Wildman–Crippen MR) is 41.6 cm³/mol. The van der Waals surface area contributed by atoms with Crippen molar-refractivity contribution in [3.8, 4) is 0 Å². The van der Waals surface area contributed by atoms with Crippen LogP contribution in [-0.4, -0.2) is 10.9 Å². The maximum absolute atomic E-state index is 8.80. The summed E-state index contributed by atoms with van der Waals surface area (Å²) < 4.78 is 0. The average molecular weight is 151 g/mol. The van der Waals surface area contributed by atoms with Crippen molar-refractivity contribution in [3.63, 3.8) is 0 Å². The molecule has 0 amide bonds. The van der Waals surface area contributed by atoms with Gasteiger partial charge in [0, 0.05) is 11.8 Å². The van der Waals surface area contributed by atoms with Crippen LogP contribution in [0.5, 0.6) is 0 Å². The van der Waals surface area contributed by atoms with Crippen LogP contribution in [0.2, 0.25) is 0 Å². The number of fused-ring (bicyclic) bond motifs is 2. The second-order valence-electron chi connectivity index (χ2n) is 4.31. The fourth-order valence-corrected chi connectivity index (χ4v) is 2.92. The molecule has 60 valence electrons. The van der Waals surface area contributed by atoms with E-state index >= 15 is 0 Å². The van der Waals surface area contributed by atoms with E-state index in [0.29, 0.717) is 11.8 Å². The van der Waals surface area contributed by atoms with E-state index in [1.165, 1.54) is 25.7 Å². The smallest absolute Gasteiger partial charge is 0.0638 e. The minimum atomic E-state index is 0.684. The van der Waals surface area contributed by atoms with Crippen LogP contribution in [0, 0.1) is 23.7 Å². The van der Waals surface area contributed by atoms with Crippen molar-refractivity contribution in [2.45, 2.75) is 25.7 Å². The average Bonchev–Trinajstić information content (AvgIpc) is 2.71. The van der Waals surface area contributed by atoms with E-state index in [1.54, 1.807) is 0 Å². The summed E-state index contributed by atoms with van der Waals surface area (Å²) >= 11 is 0. The zero-order valence-corrected chi connectivity index (χ0v) is 6.53. The molecule has 0 aromatic carbocycles. The zero-order chi connectivity index (χ0) is 7.42. The molecular formula is C9H13NO. The van der Waals surface area contributed by atoms with Crippen LogP contribution < -0.4 is 0 Å². The SMILES string of the molecule is ON=C1[C@H]2C[C@H]2C[C@H]2CC[C@@H]12. The van der Waals surface area contributed by atoms with Crippen LogP contribution >= 0.6 is 0 Å². The number of oxime groups is 1. The largest absolute Gasteiger partial charge is 0.411 e. The molecule has 0 aliphatic heterocycles. The molecule has 11 heavy (non-hydrogen) atoms. The Balaban J connectivity index is 1.90. The number of hydrogen-bond donors (Lipinski definition) is 1. The fourth-order valence-electron chi connectivity index (χ4n) is 2.92. The molecule has 3 aliphatic rings. The van der Waals surface area contributed by atoms with Gasteiger partial charge in [0.05, 0.1) is 5.71 Å². The van der Waals surface area contributed by atoms with Gasteiger partial charge in [-0.05, 0) is 37.5 Å². The molecule has 0 aromatic heterocycles. The lowest BCUT2D eigenvalue weighted by Gasteiger charge is -2.40. The molecule has 0 bridgehead atoms. The lowest BCUT2D eigenvalue weighted by molar-refractivity contribution is 0.190. The lowest BCUT2D eigenvalue weighted by Crippen LogP contribution is -2.38. The summed E-state index contributed by atoms with van der Waals surface area (Å²) in [4.78, 5) is 0. The molecule has 2 nitrogen and oxygen atoms in total. The van der Waals surface area contributed by atoms with Gasteiger partial charge in [0.25, 0.3) is 0 Å². The highest BCUT2D eigenvalue weighted by molar-refractivity contribution is 5.92. The molecule has 0 heterocycles. The molecule has 3 saturated carbocycles. The first-order chi connectivity index (χ1) is 5.40. The minimum absolute atomic E-state index is 0.684. The molecule has 4 atom stereocenters. The van der Waals surface area contributed by atoms with Crippen molar-refractivity contribution >= 4 is 5.71 Å². The molecule has 0 unspecified atom stereocenters. The Bertz CT molecular complexity index is 224. The quantitative estimate of drug-likeness (QED) is 0.416. The molecule has 3 aliphatic carbocycles. The third-order valence-electron chi connectivity index (χ3n) is 3.82. The molecule has 2 heteroatoms. The van der Waals surface area contributed by atoms with Gasteiger partial charge in [-0.15, -0.1) is 0 Å². The number of hydrogen-bond acceptors (Lipinski definition) is 2. The van der Waals surface area contributed by atoms with E-state index in [2.05, 4.69) is 5.16 Å². The molecular weight excluding hydrogens is 138 g/mol. The summed E-state index contributed by atoms with van der Waals surface area (Å²) in [5, 5.41) is 12.3. The Kier molecular flexibility index (Phi) is 0.984. The van der Waals surface area contributed by atoms with Crippen molar-refractivity contribution in [1.29, 1.82) is 0 Å². The second-order valence-corrected chi connectivity index (χ2v) is 4.31. The highest BCUT2D eigenvalue weighted by Crippen LogP contribution is 2.57. The second kappa shape index (κ2) is 1.79. The molecule has 0 aromatic rings. The first-order valence-corrected chi connectivity index (χ1v) is 4.62. The van der Waals surface area contributed by atoms with Gasteiger partial charge in [0.1, 0.15) is 0 Å². The maximum atomic E-state index is 8.80. The van der Waals surface area contributed by atoms with Gasteiger partial charge >= 0.3 is 0 Å². The maximum Gasteiger partial charge on any atom is 0.0638 e. The van der Waals surface area contributed by atoms with E-state index in [4.69, 9.17) is 5.21 Å². The van der Waals surface area contributed by atoms with Crippen LogP contribution in [0.25, 0.3) is 0 Å². The first kappa shape index (κ1) is 6.04. The normalized spacial score (nSPS) is 56.2. The summed E-state index contributed by atoms with van der Waals surface area (Å²) in [5.41, 5.74) is 1.15. The van der Waals surface area contributed by atoms with Crippen LogP contribution in [0.15, 0.2) is 5.16 Å². The van der Waals surface area contributed by atoms with Crippen molar-refractivity contribution in [3.05, 3.63) is 0 Å². The van der Waals surface area contributed by atoms with Crippen LogP contribution in [-0.2, 0) is 0 Å². The lowest BCUT2D eigenvalue weighted by atomic mass is 9.65. The summed E-state index contributed by atoms with van der Waals surface area (Å²) in [7, 11) is 0. The number of rotatable bonds is 0. The van der Waals surface area contributed by atoms with E-state index in [9.17, 15) is 0 Å². The Morgan fingerprint density at radius 1 is 1.09 bits per heavy atom. The highest BCUT2D eigenvalue weighted by atomic mass is 16.4. The van der Waals surface area contributed by atoms with Gasteiger partial charge in [-0.2, -0.15) is 0 Å². The number of nitrogens with zero attached hydrogens (tertiary/aromatic N) is 1. The van der Waals surface area contributed by atoms with Crippen molar-refractivity contribution < 1.29 is 5.21 Å². The van der Waals surface area contributed by atoms with E-state index in [0.717, 1.165) is 17.5 Å². The molecule has 0 saturated heterocycles. The molecule has 3 rings (SSSR count). The van der Waals surface area contributed by atoms with Gasteiger partial charge in [-0.3, -0.25) is 0 Å². The van der Waals surface area contributed by atoms with E-state index in [1.807, 2.05) is 0 Å². The van der Waals surface area contributed by atoms with Gasteiger partial charge in [-0.1, -0.05) is 5.16 Å².